The molecule has 2 aromatic carbocycles. The molecule has 6 heteroatoms. The van der Waals surface area contributed by atoms with Gasteiger partial charge in [-0.1, -0.05) is 18.2 Å². The van der Waals surface area contributed by atoms with Gasteiger partial charge in [-0.3, -0.25) is 14.9 Å². The zero-order valence-corrected chi connectivity index (χ0v) is 11.3. The van der Waals surface area contributed by atoms with Gasteiger partial charge in [0.15, 0.2) is 11.5 Å². The van der Waals surface area contributed by atoms with Gasteiger partial charge in [0.2, 0.25) is 0 Å². The van der Waals surface area contributed by atoms with E-state index in [1.165, 1.54) is 30.3 Å². The second kappa shape index (κ2) is 5.00. The van der Waals surface area contributed by atoms with Crippen molar-refractivity contribution < 1.29 is 19.9 Å². The standard InChI is InChI=1S/C16H11NO5/c18-14-3-1-2-11-12(14)8-10(16(11)20)6-9-4-5-15(19)13(7-9)17(21)22/h1-7,18-19H,8H2/b10-6-. The van der Waals surface area contributed by atoms with Crippen molar-refractivity contribution in [3.63, 3.8) is 0 Å². The largest absolute Gasteiger partial charge is 0.508 e. The minimum Gasteiger partial charge on any atom is -0.508 e. The van der Waals surface area contributed by atoms with Gasteiger partial charge in [0.05, 0.1) is 4.92 Å². The topological polar surface area (TPSA) is 101 Å². The summed E-state index contributed by atoms with van der Waals surface area (Å²) in [6.45, 7) is 0. The molecule has 0 saturated carbocycles. The second-order valence-corrected chi connectivity index (χ2v) is 4.98. The molecule has 0 unspecified atom stereocenters. The van der Waals surface area contributed by atoms with Crippen LogP contribution in [0.4, 0.5) is 5.69 Å². The number of carbonyl (C=O) groups excluding carboxylic acids is 1. The highest BCUT2D eigenvalue weighted by molar-refractivity contribution is 6.16. The number of hydrogen-bond acceptors (Lipinski definition) is 5. The Morgan fingerprint density at radius 3 is 2.59 bits per heavy atom. The van der Waals surface area contributed by atoms with E-state index in [1.54, 1.807) is 12.1 Å². The van der Waals surface area contributed by atoms with E-state index in [1.807, 2.05) is 0 Å². The molecule has 6 nitrogen and oxygen atoms in total. The summed E-state index contributed by atoms with van der Waals surface area (Å²) in [5, 5.41) is 30.0. The van der Waals surface area contributed by atoms with Crippen LogP contribution in [0.25, 0.3) is 6.08 Å². The van der Waals surface area contributed by atoms with Crippen molar-refractivity contribution in [2.75, 3.05) is 0 Å². The van der Waals surface area contributed by atoms with Crippen LogP contribution in [-0.4, -0.2) is 20.9 Å². The van der Waals surface area contributed by atoms with Crippen LogP contribution in [-0.2, 0) is 6.42 Å². The van der Waals surface area contributed by atoms with Crippen molar-refractivity contribution in [3.8, 4) is 11.5 Å². The number of nitrogens with zero attached hydrogens (tertiary/aromatic N) is 1. The van der Waals surface area contributed by atoms with Crippen LogP contribution in [0.5, 0.6) is 11.5 Å². The lowest BCUT2D eigenvalue weighted by atomic mass is 10.1. The third-order valence-electron chi connectivity index (χ3n) is 3.59. The number of nitro benzene ring substituents is 1. The zero-order chi connectivity index (χ0) is 15.9. The minimum atomic E-state index is -0.686. The number of aromatic hydroxyl groups is 2. The first-order valence-electron chi connectivity index (χ1n) is 6.51. The zero-order valence-electron chi connectivity index (χ0n) is 11.3. The van der Waals surface area contributed by atoms with E-state index >= 15 is 0 Å². The third-order valence-corrected chi connectivity index (χ3v) is 3.59. The van der Waals surface area contributed by atoms with E-state index in [0.717, 1.165) is 0 Å². The van der Waals surface area contributed by atoms with Gasteiger partial charge in [0, 0.05) is 29.2 Å². The Bertz CT molecular complexity index is 838. The first-order valence-corrected chi connectivity index (χ1v) is 6.51. The van der Waals surface area contributed by atoms with E-state index < -0.39 is 16.4 Å². The molecule has 0 atom stereocenters. The Morgan fingerprint density at radius 1 is 1.14 bits per heavy atom. The second-order valence-electron chi connectivity index (χ2n) is 4.98. The van der Waals surface area contributed by atoms with Crippen LogP contribution < -0.4 is 0 Å². The van der Waals surface area contributed by atoms with Crippen molar-refractivity contribution in [3.05, 3.63) is 68.8 Å². The maximum atomic E-state index is 12.3. The highest BCUT2D eigenvalue weighted by Crippen LogP contribution is 2.34. The Hall–Kier alpha value is -3.15. The number of nitro groups is 1. The molecule has 0 fully saturated rings. The molecule has 3 rings (SSSR count). The molecule has 0 aliphatic heterocycles. The molecule has 1 aliphatic carbocycles. The summed E-state index contributed by atoms with van der Waals surface area (Å²) in [6.07, 6.45) is 1.81. The van der Waals surface area contributed by atoms with Gasteiger partial charge >= 0.3 is 5.69 Å². The van der Waals surface area contributed by atoms with Gasteiger partial charge in [0.1, 0.15) is 5.75 Å². The lowest BCUT2D eigenvalue weighted by Gasteiger charge is -1.99. The molecule has 110 valence electrons. The molecule has 0 saturated heterocycles. The van der Waals surface area contributed by atoms with Gasteiger partial charge in [-0.05, 0) is 23.8 Å². The highest BCUT2D eigenvalue weighted by Gasteiger charge is 2.27. The van der Waals surface area contributed by atoms with Crippen LogP contribution in [0.3, 0.4) is 0 Å². The normalized spacial score (nSPS) is 15.1. The number of rotatable bonds is 2. The van der Waals surface area contributed by atoms with Crippen LogP contribution in [0, 0.1) is 10.1 Å². The van der Waals surface area contributed by atoms with Crippen LogP contribution >= 0.6 is 0 Å². The fraction of sp³-hybridized carbons (Fsp3) is 0.0625. The van der Waals surface area contributed by atoms with Gasteiger partial charge in [-0.2, -0.15) is 0 Å². The Labute approximate surface area is 125 Å². The Morgan fingerprint density at radius 2 is 1.91 bits per heavy atom. The van der Waals surface area contributed by atoms with E-state index in [0.29, 0.717) is 22.3 Å². The van der Waals surface area contributed by atoms with Crippen molar-refractivity contribution in [1.82, 2.24) is 0 Å². The minimum absolute atomic E-state index is 0.0611. The fourth-order valence-corrected chi connectivity index (χ4v) is 2.51. The molecule has 0 aromatic heterocycles. The molecule has 2 aromatic rings. The fourth-order valence-electron chi connectivity index (χ4n) is 2.51. The summed E-state index contributed by atoms with van der Waals surface area (Å²) >= 11 is 0. The van der Waals surface area contributed by atoms with E-state index in [9.17, 15) is 25.1 Å². The lowest BCUT2D eigenvalue weighted by Crippen LogP contribution is -1.95. The molecule has 22 heavy (non-hydrogen) atoms. The lowest BCUT2D eigenvalue weighted by molar-refractivity contribution is -0.385. The smallest absolute Gasteiger partial charge is 0.311 e. The number of phenolic OH excluding ortho intramolecular Hbond substituents is 2. The summed E-state index contributed by atoms with van der Waals surface area (Å²) in [7, 11) is 0. The van der Waals surface area contributed by atoms with Gasteiger partial charge in [-0.25, -0.2) is 0 Å². The molecule has 0 spiro atoms. The Kier molecular flexibility index (Phi) is 3.14. The summed E-state index contributed by atoms with van der Waals surface area (Å²) in [6, 6.07) is 8.66. The highest BCUT2D eigenvalue weighted by atomic mass is 16.6. The van der Waals surface area contributed by atoms with Crippen LogP contribution in [0.1, 0.15) is 21.5 Å². The molecular weight excluding hydrogens is 286 g/mol. The Balaban J connectivity index is 2.02. The molecule has 1 aliphatic rings. The maximum absolute atomic E-state index is 12.3. The maximum Gasteiger partial charge on any atom is 0.311 e. The van der Waals surface area contributed by atoms with Gasteiger partial charge < -0.3 is 10.2 Å². The van der Waals surface area contributed by atoms with Crippen molar-refractivity contribution in [2.45, 2.75) is 6.42 Å². The predicted molar refractivity (Wildman–Crippen MR) is 78.9 cm³/mol. The van der Waals surface area contributed by atoms with E-state index in [-0.39, 0.29) is 18.0 Å². The molecule has 0 amide bonds. The van der Waals surface area contributed by atoms with Gasteiger partial charge in [0.25, 0.3) is 0 Å². The summed E-state index contributed by atoms with van der Waals surface area (Å²) in [5.74, 6) is -0.571. The number of fused-ring (bicyclic) bond motifs is 1. The van der Waals surface area contributed by atoms with Gasteiger partial charge in [-0.15, -0.1) is 0 Å². The summed E-state index contributed by atoms with van der Waals surface area (Å²) < 4.78 is 0. The number of benzene rings is 2. The first kappa shape index (κ1) is 13.8. The SMILES string of the molecule is O=C1/C(=C\c2ccc(O)c([N+](=O)[O-])c2)Cc2c(O)cccc21. The number of carbonyl (C=O) groups is 1. The number of ketones is 1. The average molecular weight is 297 g/mol. The van der Waals surface area contributed by atoms with Crippen LogP contribution in [0.15, 0.2) is 42.0 Å². The van der Waals surface area contributed by atoms with Crippen molar-refractivity contribution in [1.29, 1.82) is 0 Å². The molecule has 0 bridgehead atoms. The molecule has 0 radical (unpaired) electrons. The number of hydrogen-bond donors (Lipinski definition) is 2. The average Bonchev–Trinajstić information content (AvgIpc) is 2.79. The van der Waals surface area contributed by atoms with Crippen molar-refractivity contribution >= 4 is 17.5 Å². The van der Waals surface area contributed by atoms with Crippen LogP contribution in [0.2, 0.25) is 0 Å². The summed E-state index contributed by atoms with van der Waals surface area (Å²) in [5.41, 5.74) is 1.48. The van der Waals surface area contributed by atoms with Crippen molar-refractivity contribution in [2.24, 2.45) is 0 Å². The first-order chi connectivity index (χ1) is 10.5. The number of Topliss-reactive ketones (excluding diaryl/α,β-unsaturated/α-hetero) is 1. The third kappa shape index (κ3) is 2.20. The van der Waals surface area contributed by atoms with E-state index in [4.69, 9.17) is 0 Å². The predicted octanol–water partition coefficient (Wildman–Crippen LogP) is 2.83. The molecular formula is C16H11NO5. The quantitative estimate of drug-likeness (QED) is 0.504. The summed E-state index contributed by atoms with van der Waals surface area (Å²) in [4.78, 5) is 22.4. The number of phenols is 2. The van der Waals surface area contributed by atoms with E-state index in [2.05, 4.69) is 0 Å². The molecule has 0 heterocycles. The molecule has 2 N–H and O–H groups in total. The number of allylic oxidation sites excluding steroid dienone is 1. The monoisotopic (exact) mass is 297 g/mol.